The van der Waals surface area contributed by atoms with Crippen molar-refractivity contribution in [2.24, 2.45) is 5.41 Å². The van der Waals surface area contributed by atoms with Gasteiger partial charge in [-0.3, -0.25) is 0 Å². The summed E-state index contributed by atoms with van der Waals surface area (Å²) in [6.07, 6.45) is 1.01. The molecule has 0 unspecified atom stereocenters. The Kier molecular flexibility index (Phi) is 7.09. The van der Waals surface area contributed by atoms with Gasteiger partial charge in [0.05, 0.1) is 11.8 Å². The Labute approximate surface area is 123 Å². The van der Waals surface area contributed by atoms with Crippen LogP contribution in [0, 0.1) is 23.1 Å². The van der Waals surface area contributed by atoms with Gasteiger partial charge in [0, 0.05) is 34.8 Å². The Morgan fingerprint density at radius 2 is 1.83 bits per heavy atom. The maximum absolute atomic E-state index is 13.6. The number of hydrogen-bond donors (Lipinski definition) is 0. The molecule has 99 valence electrons. The molecule has 1 radical (unpaired) electrons. The first-order chi connectivity index (χ1) is 7.89. The van der Waals surface area contributed by atoms with Gasteiger partial charge in [-0.25, -0.2) is 8.78 Å². The molecule has 0 atom stereocenters. The summed E-state index contributed by atoms with van der Waals surface area (Å²) in [5.74, 6) is -1.27. The van der Waals surface area contributed by atoms with Gasteiger partial charge < -0.3 is 4.90 Å². The van der Waals surface area contributed by atoms with Gasteiger partial charge in [-0.15, -0.1) is 0 Å². The average Bonchev–Trinajstić information content (AvgIpc) is 2.26. The van der Waals surface area contributed by atoms with Crippen molar-refractivity contribution in [1.82, 2.24) is 0 Å². The van der Waals surface area contributed by atoms with E-state index in [0.717, 1.165) is 13.0 Å². The van der Waals surface area contributed by atoms with E-state index in [9.17, 15) is 8.78 Å². The van der Waals surface area contributed by atoms with E-state index in [1.807, 2.05) is 11.8 Å². The molecule has 18 heavy (non-hydrogen) atoms. The molecule has 0 aliphatic heterocycles. The zero-order valence-electron chi connectivity index (χ0n) is 11.5. The third-order valence-electron chi connectivity index (χ3n) is 3.14. The van der Waals surface area contributed by atoms with E-state index in [0.29, 0.717) is 12.2 Å². The molecule has 0 fully saturated rings. The minimum Gasteiger partial charge on any atom is -0.369 e. The van der Waals surface area contributed by atoms with E-state index in [2.05, 4.69) is 26.8 Å². The Balaban J connectivity index is 0.00000289. The number of nitrogens with zero attached hydrogens (tertiary/aromatic N) is 1. The maximum atomic E-state index is 13.6. The van der Waals surface area contributed by atoms with E-state index in [4.69, 9.17) is 0 Å². The normalized spacial score (nSPS) is 11.0. The van der Waals surface area contributed by atoms with Crippen molar-refractivity contribution >= 4 is 5.69 Å². The van der Waals surface area contributed by atoms with Crippen molar-refractivity contribution < 1.29 is 30.5 Å². The minimum atomic E-state index is -0.656. The smallest absolute Gasteiger partial charge is 0.157 e. The second kappa shape index (κ2) is 7.25. The molecule has 0 aliphatic carbocycles. The topological polar surface area (TPSA) is 3.24 Å². The first-order valence-electron chi connectivity index (χ1n) is 6.02. The molecule has 0 aromatic heterocycles. The van der Waals surface area contributed by atoms with E-state index in [1.165, 1.54) is 12.1 Å². The molecule has 0 amide bonds. The predicted molar refractivity (Wildman–Crippen MR) is 67.2 cm³/mol. The molecule has 1 nitrogen and oxygen atoms in total. The summed E-state index contributed by atoms with van der Waals surface area (Å²) < 4.78 is 26.4. The first-order valence-corrected chi connectivity index (χ1v) is 6.02. The molecular weight excluding hydrogens is 268 g/mol. The summed E-state index contributed by atoms with van der Waals surface area (Å²) in [5.41, 5.74) is 0.534. The van der Waals surface area contributed by atoms with Gasteiger partial charge in [0.2, 0.25) is 0 Å². The van der Waals surface area contributed by atoms with Crippen LogP contribution in [0.2, 0.25) is 0 Å². The number of rotatable bonds is 5. The molecule has 0 aliphatic rings. The molecule has 1 aromatic carbocycles. The number of hydrogen-bond acceptors (Lipinski definition) is 1. The Bertz CT molecular complexity index is 380. The quantitative estimate of drug-likeness (QED) is 0.739. The first kappa shape index (κ1) is 17.6. The van der Waals surface area contributed by atoms with Crippen molar-refractivity contribution in [2.45, 2.75) is 34.1 Å². The van der Waals surface area contributed by atoms with Crippen molar-refractivity contribution in [2.75, 3.05) is 18.0 Å². The molecule has 0 saturated carbocycles. The Morgan fingerprint density at radius 3 is 2.28 bits per heavy atom. The van der Waals surface area contributed by atoms with Gasteiger partial charge in [0.1, 0.15) is 5.82 Å². The molecular formula is C14H20F2NTi. The summed E-state index contributed by atoms with van der Waals surface area (Å²) in [4.78, 5) is 1.93. The van der Waals surface area contributed by atoms with Crippen LogP contribution in [-0.2, 0) is 21.7 Å². The van der Waals surface area contributed by atoms with Crippen LogP contribution in [0.1, 0.15) is 34.1 Å². The monoisotopic (exact) mass is 288 g/mol. The number of benzene rings is 1. The standard InChI is InChI=1S/C14H20F2N.Ti/c1-5-14(3,4)10-17(6-2)13-8-7-11(15)9-12(13)16;/h7-8H,5-6,10H2,1-4H3;. The zero-order chi connectivity index (χ0) is 13.1. The second-order valence-electron chi connectivity index (χ2n) is 5.04. The van der Waals surface area contributed by atoms with Crippen LogP contribution >= 0.6 is 0 Å². The van der Waals surface area contributed by atoms with Crippen LogP contribution < -0.4 is 4.90 Å². The molecule has 0 heterocycles. The molecule has 0 saturated heterocycles. The van der Waals surface area contributed by atoms with Crippen LogP contribution in [0.4, 0.5) is 14.5 Å². The van der Waals surface area contributed by atoms with Gasteiger partial charge in [-0.2, -0.15) is 0 Å². The largest absolute Gasteiger partial charge is 0.369 e. The van der Waals surface area contributed by atoms with Gasteiger partial charge >= 0.3 is 0 Å². The molecule has 1 aromatic rings. The molecule has 4 heteroatoms. The van der Waals surface area contributed by atoms with Crippen molar-refractivity contribution in [3.8, 4) is 0 Å². The van der Waals surface area contributed by atoms with Gasteiger partial charge in [-0.1, -0.05) is 20.8 Å². The SMILES string of the molecule is CCN(CC(C)(C)CC)c1ccc(F)[c]c1F.[Ti]. The molecule has 0 N–H and O–H groups in total. The third-order valence-corrected chi connectivity index (χ3v) is 3.14. The maximum Gasteiger partial charge on any atom is 0.157 e. The molecule has 0 bridgehead atoms. The van der Waals surface area contributed by atoms with E-state index >= 15 is 0 Å². The van der Waals surface area contributed by atoms with Crippen LogP contribution in [0.15, 0.2) is 12.1 Å². The Hall–Kier alpha value is -0.406. The number of anilines is 1. The second-order valence-corrected chi connectivity index (χ2v) is 5.04. The minimum absolute atomic E-state index is 0. The fourth-order valence-corrected chi connectivity index (χ4v) is 1.68. The summed E-state index contributed by atoms with van der Waals surface area (Å²) >= 11 is 0. The van der Waals surface area contributed by atoms with Crippen molar-refractivity contribution in [3.05, 3.63) is 29.8 Å². The molecule has 1 rings (SSSR count). The predicted octanol–water partition coefficient (Wildman–Crippen LogP) is 4.02. The van der Waals surface area contributed by atoms with Gasteiger partial charge in [-0.05, 0) is 30.9 Å². The fourth-order valence-electron chi connectivity index (χ4n) is 1.68. The van der Waals surface area contributed by atoms with E-state index < -0.39 is 11.6 Å². The van der Waals surface area contributed by atoms with E-state index in [1.54, 1.807) is 0 Å². The summed E-state index contributed by atoms with van der Waals surface area (Å²) in [7, 11) is 0. The summed E-state index contributed by atoms with van der Waals surface area (Å²) in [6, 6.07) is 4.81. The number of halogens is 2. The van der Waals surface area contributed by atoms with Gasteiger partial charge in [0.25, 0.3) is 0 Å². The third kappa shape index (κ3) is 4.70. The van der Waals surface area contributed by atoms with Crippen LogP contribution in [0.3, 0.4) is 0 Å². The molecule has 0 spiro atoms. The summed E-state index contributed by atoms with van der Waals surface area (Å²) in [5, 5.41) is 0. The Morgan fingerprint density at radius 1 is 1.22 bits per heavy atom. The van der Waals surface area contributed by atoms with Crippen LogP contribution in [0.25, 0.3) is 0 Å². The van der Waals surface area contributed by atoms with Crippen LogP contribution in [0.5, 0.6) is 0 Å². The van der Waals surface area contributed by atoms with Crippen molar-refractivity contribution in [1.29, 1.82) is 0 Å². The zero-order valence-corrected chi connectivity index (χ0v) is 13.0. The summed E-state index contributed by atoms with van der Waals surface area (Å²) in [6.45, 7) is 9.80. The fraction of sp³-hybridized carbons (Fsp3) is 0.571. The van der Waals surface area contributed by atoms with Gasteiger partial charge in [0.15, 0.2) is 5.82 Å². The van der Waals surface area contributed by atoms with E-state index in [-0.39, 0.29) is 27.1 Å². The van der Waals surface area contributed by atoms with Crippen molar-refractivity contribution in [3.63, 3.8) is 0 Å². The average molecular weight is 288 g/mol. The van der Waals surface area contributed by atoms with Crippen LogP contribution in [-0.4, -0.2) is 13.1 Å².